The molecular weight excluding hydrogens is 371 g/mol. The van der Waals surface area contributed by atoms with Crippen LogP contribution in [0.5, 0.6) is 0 Å². The van der Waals surface area contributed by atoms with Gasteiger partial charge in [-0.15, -0.1) is 0 Å². The van der Waals surface area contributed by atoms with Gasteiger partial charge in [0.1, 0.15) is 5.03 Å². The van der Waals surface area contributed by atoms with E-state index in [0.29, 0.717) is 5.13 Å². The van der Waals surface area contributed by atoms with Crippen LogP contribution in [0.2, 0.25) is 0 Å². The van der Waals surface area contributed by atoms with E-state index in [9.17, 15) is 18.0 Å². The third-order valence-electron chi connectivity index (χ3n) is 3.39. The number of hydrogen-bond donors (Lipinski definition) is 1. The van der Waals surface area contributed by atoms with Crippen LogP contribution < -0.4 is 5.32 Å². The van der Waals surface area contributed by atoms with Crippen molar-refractivity contribution in [2.45, 2.75) is 24.4 Å². The van der Waals surface area contributed by atoms with Gasteiger partial charge in [-0.1, -0.05) is 23.5 Å². The van der Waals surface area contributed by atoms with Crippen LogP contribution in [0.15, 0.2) is 35.5 Å². The molecule has 1 amide bonds. The van der Waals surface area contributed by atoms with Crippen LogP contribution >= 0.6 is 23.1 Å². The van der Waals surface area contributed by atoms with E-state index in [4.69, 9.17) is 0 Å². The molecule has 0 saturated carbocycles. The number of carbonyl (C=O) groups is 1. The first-order valence-corrected chi connectivity index (χ1v) is 8.77. The predicted molar refractivity (Wildman–Crippen MR) is 93.2 cm³/mol. The van der Waals surface area contributed by atoms with Gasteiger partial charge in [-0.2, -0.15) is 13.2 Å². The highest BCUT2D eigenvalue weighted by Gasteiger charge is 2.32. The standard InChI is InChI=1S/C16H12F3N3OS2/c1-8-5-6-9(2)12-11(8)21-15(24-12)22-13(23)10-4-3-7-20-14(10)25-16(17,18)19/h3-7H,1-2H3,(H,21,22,23). The van der Waals surface area contributed by atoms with Gasteiger partial charge in [0, 0.05) is 18.0 Å². The van der Waals surface area contributed by atoms with E-state index < -0.39 is 23.2 Å². The van der Waals surface area contributed by atoms with E-state index in [1.54, 1.807) is 0 Å². The number of hydrogen-bond acceptors (Lipinski definition) is 5. The smallest absolute Gasteiger partial charge is 0.298 e. The fourth-order valence-corrected chi connectivity index (χ4v) is 3.84. The number of nitrogens with zero attached hydrogens (tertiary/aromatic N) is 2. The minimum atomic E-state index is -4.52. The summed E-state index contributed by atoms with van der Waals surface area (Å²) in [7, 11) is 0. The summed E-state index contributed by atoms with van der Waals surface area (Å²) in [6.07, 6.45) is 1.22. The van der Waals surface area contributed by atoms with Crippen molar-refractivity contribution < 1.29 is 18.0 Å². The molecule has 9 heteroatoms. The lowest BCUT2D eigenvalue weighted by molar-refractivity contribution is -0.0329. The Morgan fingerprint density at radius 3 is 2.60 bits per heavy atom. The summed E-state index contributed by atoms with van der Waals surface area (Å²) < 4.78 is 38.8. The molecule has 0 saturated heterocycles. The summed E-state index contributed by atoms with van der Waals surface area (Å²) in [6.45, 7) is 3.84. The normalized spacial score (nSPS) is 11.7. The van der Waals surface area contributed by atoms with E-state index in [1.807, 2.05) is 26.0 Å². The largest absolute Gasteiger partial charge is 0.447 e. The highest BCUT2D eigenvalue weighted by atomic mass is 32.2. The molecule has 0 aliphatic rings. The lowest BCUT2D eigenvalue weighted by Crippen LogP contribution is -2.14. The lowest BCUT2D eigenvalue weighted by Gasteiger charge is -2.09. The number of amides is 1. The van der Waals surface area contributed by atoms with E-state index in [1.165, 1.54) is 29.7 Å². The molecule has 0 bridgehead atoms. The first-order chi connectivity index (χ1) is 11.7. The molecule has 2 heterocycles. The number of nitrogens with one attached hydrogen (secondary N) is 1. The van der Waals surface area contributed by atoms with Crippen molar-refractivity contribution in [2.24, 2.45) is 0 Å². The Bertz CT molecular complexity index is 914. The van der Waals surface area contributed by atoms with Crippen LogP contribution in [-0.4, -0.2) is 21.4 Å². The second-order valence-electron chi connectivity index (χ2n) is 5.25. The molecule has 0 aliphatic carbocycles. The van der Waals surface area contributed by atoms with Crippen molar-refractivity contribution in [2.75, 3.05) is 5.32 Å². The number of aryl methyl sites for hydroxylation is 2. The van der Waals surface area contributed by atoms with Gasteiger partial charge in [-0.3, -0.25) is 10.1 Å². The average Bonchev–Trinajstić information content (AvgIpc) is 2.95. The number of thiazole rings is 1. The van der Waals surface area contributed by atoms with Crippen molar-refractivity contribution in [3.63, 3.8) is 0 Å². The number of anilines is 1. The molecule has 2 aromatic heterocycles. The molecule has 3 aromatic rings. The SMILES string of the molecule is Cc1ccc(C)c2sc(NC(=O)c3cccnc3SC(F)(F)F)nc12. The lowest BCUT2D eigenvalue weighted by atomic mass is 10.1. The minimum Gasteiger partial charge on any atom is -0.298 e. The number of pyridine rings is 1. The zero-order chi connectivity index (χ0) is 18.2. The molecule has 4 nitrogen and oxygen atoms in total. The number of rotatable bonds is 3. The van der Waals surface area contributed by atoms with Gasteiger partial charge in [0.25, 0.3) is 5.91 Å². The molecule has 0 radical (unpaired) electrons. The molecule has 25 heavy (non-hydrogen) atoms. The van der Waals surface area contributed by atoms with Gasteiger partial charge < -0.3 is 0 Å². The summed E-state index contributed by atoms with van der Waals surface area (Å²) in [5.41, 5.74) is -1.90. The maximum Gasteiger partial charge on any atom is 0.447 e. The topological polar surface area (TPSA) is 54.9 Å². The predicted octanol–water partition coefficient (Wildman–Crippen LogP) is 5.17. The number of halogens is 3. The Morgan fingerprint density at radius 2 is 1.92 bits per heavy atom. The van der Waals surface area contributed by atoms with Crippen LogP contribution in [0.1, 0.15) is 21.5 Å². The number of carbonyl (C=O) groups excluding carboxylic acids is 1. The molecule has 1 N–H and O–H groups in total. The first kappa shape index (κ1) is 17.7. The summed E-state index contributed by atoms with van der Waals surface area (Å²) in [5.74, 6) is -0.672. The third-order valence-corrected chi connectivity index (χ3v) is 5.25. The molecular formula is C16H12F3N3OS2. The van der Waals surface area contributed by atoms with Gasteiger partial charge in [-0.05, 0) is 37.1 Å². The Hall–Kier alpha value is -2.13. The van der Waals surface area contributed by atoms with Crippen molar-refractivity contribution in [1.82, 2.24) is 9.97 Å². The van der Waals surface area contributed by atoms with Crippen LogP contribution in [-0.2, 0) is 0 Å². The maximum atomic E-state index is 12.6. The third kappa shape index (κ3) is 3.93. The van der Waals surface area contributed by atoms with Gasteiger partial charge in [0.15, 0.2) is 5.13 Å². The molecule has 0 unspecified atom stereocenters. The molecule has 0 aliphatic heterocycles. The van der Waals surface area contributed by atoms with E-state index in [2.05, 4.69) is 15.3 Å². The summed E-state index contributed by atoms with van der Waals surface area (Å²) in [5, 5.41) is 2.53. The van der Waals surface area contributed by atoms with E-state index in [0.717, 1.165) is 21.3 Å². The van der Waals surface area contributed by atoms with E-state index >= 15 is 0 Å². The molecule has 0 spiro atoms. The highest BCUT2D eigenvalue weighted by molar-refractivity contribution is 8.00. The molecule has 1 aromatic carbocycles. The zero-order valence-corrected chi connectivity index (χ0v) is 14.8. The maximum absolute atomic E-state index is 12.6. The second kappa shape index (κ2) is 6.64. The Morgan fingerprint density at radius 1 is 1.20 bits per heavy atom. The van der Waals surface area contributed by atoms with Gasteiger partial charge >= 0.3 is 5.51 Å². The zero-order valence-electron chi connectivity index (χ0n) is 13.1. The van der Waals surface area contributed by atoms with Gasteiger partial charge in [-0.25, -0.2) is 9.97 Å². The number of benzene rings is 1. The van der Waals surface area contributed by atoms with Gasteiger partial charge in [0.05, 0.1) is 15.8 Å². The number of fused-ring (bicyclic) bond motifs is 1. The van der Waals surface area contributed by atoms with Crippen LogP contribution in [0.25, 0.3) is 10.2 Å². The molecule has 130 valence electrons. The Kier molecular flexibility index (Phi) is 4.70. The van der Waals surface area contributed by atoms with Crippen molar-refractivity contribution in [1.29, 1.82) is 0 Å². The average molecular weight is 383 g/mol. The fraction of sp³-hybridized carbons (Fsp3) is 0.188. The van der Waals surface area contributed by atoms with Crippen LogP contribution in [0.3, 0.4) is 0 Å². The fourth-order valence-electron chi connectivity index (χ4n) is 2.23. The summed E-state index contributed by atoms with van der Waals surface area (Å²) >= 11 is 0.875. The molecule has 0 fully saturated rings. The quantitative estimate of drug-likeness (QED) is 0.634. The number of alkyl halides is 3. The first-order valence-electron chi connectivity index (χ1n) is 7.13. The number of thioether (sulfide) groups is 1. The van der Waals surface area contributed by atoms with E-state index in [-0.39, 0.29) is 10.6 Å². The van der Waals surface area contributed by atoms with Crippen molar-refractivity contribution in [3.05, 3.63) is 47.2 Å². The molecule has 0 atom stereocenters. The Labute approximate surface area is 149 Å². The van der Waals surface area contributed by atoms with Crippen LogP contribution in [0.4, 0.5) is 18.3 Å². The minimum absolute atomic E-state index is 0.141. The second-order valence-corrected chi connectivity index (χ2v) is 7.31. The highest BCUT2D eigenvalue weighted by Crippen LogP contribution is 2.37. The summed E-state index contributed by atoms with van der Waals surface area (Å²) in [4.78, 5) is 20.4. The van der Waals surface area contributed by atoms with Crippen molar-refractivity contribution in [3.8, 4) is 0 Å². The van der Waals surface area contributed by atoms with Crippen LogP contribution in [0, 0.1) is 13.8 Å². The Balaban J connectivity index is 1.91. The monoisotopic (exact) mass is 383 g/mol. The van der Waals surface area contributed by atoms with Crippen molar-refractivity contribution >= 4 is 44.4 Å². The summed E-state index contributed by atoms with van der Waals surface area (Å²) in [6, 6.07) is 6.62. The number of aromatic nitrogens is 2. The van der Waals surface area contributed by atoms with Gasteiger partial charge in [0.2, 0.25) is 0 Å². The molecule has 3 rings (SSSR count).